The lowest BCUT2D eigenvalue weighted by Crippen LogP contribution is -2.04. The maximum absolute atomic E-state index is 13.6. The van der Waals surface area contributed by atoms with Crippen molar-refractivity contribution >= 4 is 0 Å². The summed E-state index contributed by atoms with van der Waals surface area (Å²) in [5.74, 6) is -5.41. The second-order valence-corrected chi connectivity index (χ2v) is 4.99. The highest BCUT2D eigenvalue weighted by molar-refractivity contribution is 5.30. The van der Waals surface area contributed by atoms with Gasteiger partial charge in [-0.3, -0.25) is 0 Å². The summed E-state index contributed by atoms with van der Waals surface area (Å²) < 4.78 is 66.8. The highest BCUT2D eigenvalue weighted by Gasteiger charge is 2.17. The lowest BCUT2D eigenvalue weighted by molar-refractivity contribution is 0.437. The molecule has 2 aromatic rings. The molecule has 0 atom stereocenters. The average molecular weight is 300 g/mol. The second kappa shape index (κ2) is 5.84. The maximum atomic E-state index is 13.6. The molecule has 0 nitrogen and oxygen atoms in total. The Morgan fingerprint density at radius 1 is 0.619 bits per heavy atom. The van der Waals surface area contributed by atoms with Gasteiger partial charge >= 0.3 is 0 Å². The van der Waals surface area contributed by atoms with Crippen LogP contribution in [0.1, 0.15) is 22.3 Å². The van der Waals surface area contributed by atoms with Gasteiger partial charge in [0.2, 0.25) is 0 Å². The molecular weight excluding hydrogens is 287 g/mol. The third-order valence-corrected chi connectivity index (χ3v) is 3.40. The van der Waals surface area contributed by atoms with Crippen molar-refractivity contribution < 1.29 is 22.0 Å². The summed E-state index contributed by atoms with van der Waals surface area (Å²) in [6, 6.07) is 3.29. The first kappa shape index (κ1) is 15.5. The van der Waals surface area contributed by atoms with Crippen LogP contribution in [0.5, 0.6) is 0 Å². The van der Waals surface area contributed by atoms with E-state index in [2.05, 4.69) is 0 Å². The lowest BCUT2D eigenvalue weighted by atomic mass is 10.00. The van der Waals surface area contributed by atoms with Gasteiger partial charge in [0.25, 0.3) is 0 Å². The number of aryl methyl sites for hydroxylation is 4. The molecule has 2 aromatic carbocycles. The van der Waals surface area contributed by atoms with Crippen molar-refractivity contribution in [1.29, 1.82) is 0 Å². The molecule has 0 spiro atoms. The molecular formula is C16H13F5. The molecule has 0 bridgehead atoms. The Hall–Kier alpha value is -1.91. The molecule has 21 heavy (non-hydrogen) atoms. The van der Waals surface area contributed by atoms with Crippen molar-refractivity contribution in [2.75, 3.05) is 0 Å². The van der Waals surface area contributed by atoms with Crippen molar-refractivity contribution in [3.05, 3.63) is 69.5 Å². The number of hydrogen-bond acceptors (Lipinski definition) is 0. The zero-order valence-electron chi connectivity index (χ0n) is 11.5. The van der Waals surface area contributed by atoms with E-state index in [0.29, 0.717) is 0 Å². The molecule has 0 fully saturated rings. The molecule has 112 valence electrons. The molecule has 0 unspecified atom stereocenters. The van der Waals surface area contributed by atoms with E-state index in [4.69, 9.17) is 0 Å². The van der Waals surface area contributed by atoms with E-state index in [1.807, 2.05) is 0 Å². The summed E-state index contributed by atoms with van der Waals surface area (Å²) in [4.78, 5) is 0. The molecule has 0 aromatic heterocycles. The van der Waals surface area contributed by atoms with Crippen LogP contribution in [0.25, 0.3) is 0 Å². The van der Waals surface area contributed by atoms with Crippen LogP contribution in [0.4, 0.5) is 22.0 Å². The summed E-state index contributed by atoms with van der Waals surface area (Å²) in [6.07, 6.45) is 0.0558. The van der Waals surface area contributed by atoms with E-state index in [9.17, 15) is 22.0 Å². The van der Waals surface area contributed by atoms with Gasteiger partial charge in [0.15, 0.2) is 17.5 Å². The SMILES string of the molecule is Cc1cc(CCc2cc(C)c(F)c(F)c2F)c(F)cc1F. The van der Waals surface area contributed by atoms with Gasteiger partial charge in [0.1, 0.15) is 11.6 Å². The van der Waals surface area contributed by atoms with Gasteiger partial charge in [-0.1, -0.05) is 12.1 Å². The van der Waals surface area contributed by atoms with Crippen molar-refractivity contribution in [2.45, 2.75) is 26.7 Å². The summed E-state index contributed by atoms with van der Waals surface area (Å²) in [6.45, 7) is 2.81. The highest BCUT2D eigenvalue weighted by atomic mass is 19.2. The van der Waals surface area contributed by atoms with Crippen LogP contribution < -0.4 is 0 Å². The van der Waals surface area contributed by atoms with Gasteiger partial charge < -0.3 is 0 Å². The molecule has 0 N–H and O–H groups in total. The van der Waals surface area contributed by atoms with E-state index in [1.165, 1.54) is 26.0 Å². The zero-order valence-corrected chi connectivity index (χ0v) is 11.5. The Morgan fingerprint density at radius 2 is 1.19 bits per heavy atom. The summed E-state index contributed by atoms with van der Waals surface area (Å²) in [5.41, 5.74) is 0.427. The minimum Gasteiger partial charge on any atom is -0.207 e. The fourth-order valence-corrected chi connectivity index (χ4v) is 2.16. The topological polar surface area (TPSA) is 0 Å². The molecule has 0 aliphatic carbocycles. The Kier molecular flexibility index (Phi) is 4.30. The molecule has 2 rings (SSSR count). The van der Waals surface area contributed by atoms with E-state index in [-0.39, 0.29) is 35.1 Å². The molecule has 0 saturated carbocycles. The van der Waals surface area contributed by atoms with E-state index in [1.54, 1.807) is 0 Å². The van der Waals surface area contributed by atoms with E-state index < -0.39 is 29.1 Å². The van der Waals surface area contributed by atoms with E-state index in [0.717, 1.165) is 6.07 Å². The van der Waals surface area contributed by atoms with Gasteiger partial charge in [-0.2, -0.15) is 0 Å². The number of rotatable bonds is 3. The first-order valence-corrected chi connectivity index (χ1v) is 6.38. The van der Waals surface area contributed by atoms with Crippen LogP contribution >= 0.6 is 0 Å². The third kappa shape index (κ3) is 3.06. The molecule has 0 heterocycles. The Bertz CT molecular complexity index is 692. The quantitative estimate of drug-likeness (QED) is 0.565. The standard InChI is InChI=1S/C16H13F5/c1-8-5-10(13(18)7-12(8)17)3-4-11-6-9(2)14(19)16(21)15(11)20/h5-7H,3-4H2,1-2H3. The summed E-state index contributed by atoms with van der Waals surface area (Å²) >= 11 is 0. The summed E-state index contributed by atoms with van der Waals surface area (Å²) in [7, 11) is 0. The van der Waals surface area contributed by atoms with Crippen molar-refractivity contribution in [2.24, 2.45) is 0 Å². The van der Waals surface area contributed by atoms with Crippen LogP contribution in [0.2, 0.25) is 0 Å². The van der Waals surface area contributed by atoms with Crippen molar-refractivity contribution in [3.63, 3.8) is 0 Å². The largest absolute Gasteiger partial charge is 0.207 e. The van der Waals surface area contributed by atoms with Crippen molar-refractivity contribution in [1.82, 2.24) is 0 Å². The van der Waals surface area contributed by atoms with Crippen LogP contribution in [-0.4, -0.2) is 0 Å². The molecule has 0 aliphatic heterocycles. The van der Waals surface area contributed by atoms with Crippen LogP contribution in [-0.2, 0) is 12.8 Å². The molecule has 0 radical (unpaired) electrons. The van der Waals surface area contributed by atoms with Crippen LogP contribution in [0.3, 0.4) is 0 Å². The first-order valence-electron chi connectivity index (χ1n) is 6.38. The Labute approximate surface area is 119 Å². The van der Waals surface area contributed by atoms with Crippen LogP contribution in [0.15, 0.2) is 18.2 Å². The predicted molar refractivity (Wildman–Crippen MR) is 69.6 cm³/mol. The number of benzene rings is 2. The fourth-order valence-electron chi connectivity index (χ4n) is 2.16. The summed E-state index contributed by atoms with van der Waals surface area (Å²) in [5, 5.41) is 0. The Morgan fingerprint density at radius 3 is 1.86 bits per heavy atom. The maximum Gasteiger partial charge on any atom is 0.194 e. The van der Waals surface area contributed by atoms with Crippen molar-refractivity contribution in [3.8, 4) is 0 Å². The van der Waals surface area contributed by atoms with E-state index >= 15 is 0 Å². The minimum atomic E-state index is -1.53. The molecule has 5 heteroatoms. The number of hydrogen-bond donors (Lipinski definition) is 0. The lowest BCUT2D eigenvalue weighted by Gasteiger charge is -2.09. The predicted octanol–water partition coefficient (Wildman–Crippen LogP) is 4.78. The molecule has 0 aliphatic rings. The zero-order chi connectivity index (χ0) is 15.7. The highest BCUT2D eigenvalue weighted by Crippen LogP contribution is 2.22. The second-order valence-electron chi connectivity index (χ2n) is 4.99. The first-order chi connectivity index (χ1) is 9.81. The van der Waals surface area contributed by atoms with Gasteiger partial charge in [0, 0.05) is 6.07 Å². The molecule has 0 saturated heterocycles. The van der Waals surface area contributed by atoms with Gasteiger partial charge in [-0.15, -0.1) is 0 Å². The van der Waals surface area contributed by atoms with Gasteiger partial charge in [0.05, 0.1) is 0 Å². The Balaban J connectivity index is 2.27. The van der Waals surface area contributed by atoms with Gasteiger partial charge in [-0.25, -0.2) is 22.0 Å². The minimum absolute atomic E-state index is 0.00807. The molecule has 0 amide bonds. The van der Waals surface area contributed by atoms with Gasteiger partial charge in [-0.05, 0) is 48.9 Å². The third-order valence-electron chi connectivity index (χ3n) is 3.40. The fraction of sp³-hybridized carbons (Fsp3) is 0.250. The smallest absolute Gasteiger partial charge is 0.194 e. The normalized spacial score (nSPS) is 11.0. The average Bonchev–Trinajstić information content (AvgIpc) is 2.44. The monoisotopic (exact) mass is 300 g/mol. The number of halogens is 5. The van der Waals surface area contributed by atoms with Crippen LogP contribution in [0, 0.1) is 42.9 Å².